The van der Waals surface area contributed by atoms with Gasteiger partial charge in [-0.15, -0.1) is 11.3 Å². The van der Waals surface area contributed by atoms with Crippen molar-refractivity contribution in [1.29, 1.82) is 0 Å². The number of benzene rings is 1. The summed E-state index contributed by atoms with van der Waals surface area (Å²) < 4.78 is 6.85. The third-order valence-electron chi connectivity index (χ3n) is 3.77. The van der Waals surface area contributed by atoms with E-state index in [0.29, 0.717) is 4.96 Å². The molecular weight excluding hydrogens is 326 g/mol. The lowest BCUT2D eigenvalue weighted by Crippen LogP contribution is -2.30. The molecule has 4 rings (SSSR count). The predicted molar refractivity (Wildman–Crippen MR) is 91.5 cm³/mol. The Morgan fingerprint density at radius 3 is 3.08 bits per heavy atom. The summed E-state index contributed by atoms with van der Waals surface area (Å²) in [6.07, 6.45) is 4.63. The lowest BCUT2D eigenvalue weighted by atomic mass is 10.2. The van der Waals surface area contributed by atoms with E-state index >= 15 is 0 Å². The van der Waals surface area contributed by atoms with Gasteiger partial charge in [-0.3, -0.25) is 14.0 Å². The number of carbonyl (C=O) groups is 1. The molecule has 3 heterocycles. The summed E-state index contributed by atoms with van der Waals surface area (Å²) in [4.78, 5) is 30.5. The first-order valence-electron chi connectivity index (χ1n) is 7.34. The fraction of sp³-hybridized carbons (Fsp3) is 0.118. The fourth-order valence-corrected chi connectivity index (χ4v) is 3.38. The van der Waals surface area contributed by atoms with Crippen molar-refractivity contribution in [2.24, 2.45) is 0 Å². The number of furan rings is 1. The van der Waals surface area contributed by atoms with Crippen LogP contribution in [0, 0.1) is 6.92 Å². The largest absolute Gasteiger partial charge is 0.464 e. The SMILES string of the molecule is Cc1cn2c(=O)c(C(=O)NCc3coc4ccccc34)cnc2s1. The Labute approximate surface area is 140 Å². The van der Waals surface area contributed by atoms with E-state index in [2.05, 4.69) is 10.3 Å². The highest BCUT2D eigenvalue weighted by Gasteiger charge is 2.15. The Hall–Kier alpha value is -2.93. The van der Waals surface area contributed by atoms with Crippen molar-refractivity contribution in [2.75, 3.05) is 0 Å². The predicted octanol–water partition coefficient (Wildman–Crippen LogP) is 2.74. The second-order valence-electron chi connectivity index (χ2n) is 5.41. The van der Waals surface area contributed by atoms with Crippen molar-refractivity contribution >= 4 is 33.2 Å². The number of para-hydroxylation sites is 1. The molecule has 6 nitrogen and oxygen atoms in total. The zero-order valence-electron chi connectivity index (χ0n) is 12.8. The normalized spacial score (nSPS) is 11.2. The van der Waals surface area contributed by atoms with Gasteiger partial charge in [-0.2, -0.15) is 0 Å². The van der Waals surface area contributed by atoms with Gasteiger partial charge in [-0.05, 0) is 13.0 Å². The third kappa shape index (κ3) is 2.39. The minimum atomic E-state index is -0.448. The standard InChI is InChI=1S/C17H13N3O3S/c1-10-8-20-16(22)13(7-19-17(20)24-10)15(21)18-6-11-9-23-14-5-3-2-4-12(11)14/h2-5,7-9H,6H2,1H3,(H,18,21). The van der Waals surface area contributed by atoms with Gasteiger partial charge in [0.1, 0.15) is 11.1 Å². The van der Waals surface area contributed by atoms with Gasteiger partial charge in [-0.25, -0.2) is 4.98 Å². The molecule has 0 aliphatic rings. The zero-order chi connectivity index (χ0) is 16.7. The number of nitrogens with one attached hydrogen (secondary N) is 1. The highest BCUT2D eigenvalue weighted by molar-refractivity contribution is 7.16. The summed E-state index contributed by atoms with van der Waals surface area (Å²) in [5.41, 5.74) is 1.29. The summed E-state index contributed by atoms with van der Waals surface area (Å²) in [5.74, 6) is -0.448. The lowest BCUT2D eigenvalue weighted by Gasteiger charge is -2.03. The lowest BCUT2D eigenvalue weighted by molar-refractivity contribution is 0.0949. The van der Waals surface area contributed by atoms with Crippen molar-refractivity contribution < 1.29 is 9.21 Å². The first kappa shape index (κ1) is 14.6. The summed E-state index contributed by atoms with van der Waals surface area (Å²) in [7, 11) is 0. The molecule has 0 atom stereocenters. The average molecular weight is 339 g/mol. The van der Waals surface area contributed by atoms with Gasteiger partial charge in [-0.1, -0.05) is 18.2 Å². The first-order chi connectivity index (χ1) is 11.6. The minimum Gasteiger partial charge on any atom is -0.464 e. The maximum Gasteiger partial charge on any atom is 0.271 e. The second kappa shape index (κ2) is 5.61. The molecule has 4 aromatic rings. The molecule has 0 aliphatic heterocycles. The van der Waals surface area contributed by atoms with Crippen molar-refractivity contribution in [3.05, 3.63) is 69.3 Å². The molecule has 7 heteroatoms. The van der Waals surface area contributed by atoms with Crippen LogP contribution in [-0.2, 0) is 6.54 Å². The average Bonchev–Trinajstić information content (AvgIpc) is 3.16. The number of hydrogen-bond acceptors (Lipinski definition) is 5. The zero-order valence-corrected chi connectivity index (χ0v) is 13.6. The molecular formula is C17H13N3O3S. The number of amides is 1. The number of hydrogen-bond donors (Lipinski definition) is 1. The van der Waals surface area contributed by atoms with Gasteiger partial charge in [0.25, 0.3) is 11.5 Å². The van der Waals surface area contributed by atoms with Crippen molar-refractivity contribution in [3.8, 4) is 0 Å². The number of thiazole rings is 1. The van der Waals surface area contributed by atoms with E-state index in [4.69, 9.17) is 4.42 Å². The monoisotopic (exact) mass is 339 g/mol. The van der Waals surface area contributed by atoms with Crippen LogP contribution in [-0.4, -0.2) is 15.3 Å². The van der Waals surface area contributed by atoms with E-state index < -0.39 is 5.91 Å². The Bertz CT molecular complexity index is 1120. The van der Waals surface area contributed by atoms with Crippen LogP contribution in [0.5, 0.6) is 0 Å². The molecule has 0 bridgehead atoms. The first-order valence-corrected chi connectivity index (χ1v) is 8.16. The van der Waals surface area contributed by atoms with E-state index in [0.717, 1.165) is 21.4 Å². The van der Waals surface area contributed by atoms with Gasteiger partial charge in [0.05, 0.1) is 6.26 Å². The summed E-state index contributed by atoms with van der Waals surface area (Å²) >= 11 is 1.41. The van der Waals surface area contributed by atoms with E-state index in [-0.39, 0.29) is 17.7 Å². The molecule has 1 N–H and O–H groups in total. The van der Waals surface area contributed by atoms with Crippen LogP contribution in [0.1, 0.15) is 20.8 Å². The van der Waals surface area contributed by atoms with Crippen LogP contribution < -0.4 is 10.9 Å². The van der Waals surface area contributed by atoms with Crippen molar-refractivity contribution in [2.45, 2.75) is 13.5 Å². The molecule has 120 valence electrons. The molecule has 0 saturated carbocycles. The van der Waals surface area contributed by atoms with Crippen LogP contribution in [0.4, 0.5) is 0 Å². The third-order valence-corrected chi connectivity index (χ3v) is 4.68. The van der Waals surface area contributed by atoms with Gasteiger partial charge in [0.15, 0.2) is 4.96 Å². The molecule has 24 heavy (non-hydrogen) atoms. The van der Waals surface area contributed by atoms with E-state index in [1.807, 2.05) is 31.2 Å². The van der Waals surface area contributed by atoms with E-state index in [1.54, 1.807) is 12.5 Å². The van der Waals surface area contributed by atoms with Crippen LogP contribution in [0.15, 0.2) is 52.1 Å². The molecule has 0 fully saturated rings. The maximum absolute atomic E-state index is 12.4. The molecule has 0 saturated heterocycles. The van der Waals surface area contributed by atoms with Crippen molar-refractivity contribution in [1.82, 2.24) is 14.7 Å². The highest BCUT2D eigenvalue weighted by Crippen LogP contribution is 2.20. The van der Waals surface area contributed by atoms with Crippen LogP contribution in [0.2, 0.25) is 0 Å². The van der Waals surface area contributed by atoms with Gasteiger partial charge >= 0.3 is 0 Å². The van der Waals surface area contributed by atoms with Crippen LogP contribution in [0.3, 0.4) is 0 Å². The molecule has 0 radical (unpaired) electrons. The topological polar surface area (TPSA) is 76.6 Å². The molecule has 3 aromatic heterocycles. The Balaban J connectivity index is 1.60. The Morgan fingerprint density at radius 2 is 2.21 bits per heavy atom. The van der Waals surface area contributed by atoms with Crippen LogP contribution >= 0.6 is 11.3 Å². The number of fused-ring (bicyclic) bond motifs is 2. The van der Waals surface area contributed by atoms with E-state index in [9.17, 15) is 9.59 Å². The molecule has 1 aromatic carbocycles. The number of rotatable bonds is 3. The van der Waals surface area contributed by atoms with Gasteiger partial charge in [0.2, 0.25) is 0 Å². The molecule has 0 unspecified atom stereocenters. The van der Waals surface area contributed by atoms with Crippen LogP contribution in [0.25, 0.3) is 15.9 Å². The summed E-state index contributed by atoms with van der Waals surface area (Å²) in [6, 6.07) is 7.59. The summed E-state index contributed by atoms with van der Waals surface area (Å²) in [6.45, 7) is 2.17. The number of aromatic nitrogens is 2. The minimum absolute atomic E-state index is 0.0260. The van der Waals surface area contributed by atoms with Crippen molar-refractivity contribution in [3.63, 3.8) is 0 Å². The summed E-state index contributed by atoms with van der Waals surface area (Å²) in [5, 5.41) is 3.70. The van der Waals surface area contributed by atoms with E-state index in [1.165, 1.54) is 21.9 Å². The number of aryl methyl sites for hydroxylation is 1. The van der Waals surface area contributed by atoms with Gasteiger partial charge in [0, 0.05) is 34.8 Å². The fourth-order valence-electron chi connectivity index (χ4n) is 2.59. The molecule has 1 amide bonds. The second-order valence-corrected chi connectivity index (χ2v) is 6.62. The Morgan fingerprint density at radius 1 is 1.38 bits per heavy atom. The maximum atomic E-state index is 12.4. The van der Waals surface area contributed by atoms with Gasteiger partial charge < -0.3 is 9.73 Å². The molecule has 0 aliphatic carbocycles. The highest BCUT2D eigenvalue weighted by atomic mass is 32.1. The Kier molecular flexibility index (Phi) is 3.42. The molecule has 0 spiro atoms. The number of carbonyl (C=O) groups excluding carboxylic acids is 1. The number of nitrogens with zero attached hydrogens (tertiary/aromatic N) is 2. The quantitative estimate of drug-likeness (QED) is 0.623. The smallest absolute Gasteiger partial charge is 0.271 e.